The Morgan fingerprint density at radius 2 is 2.12 bits per heavy atom. The van der Waals surface area contributed by atoms with Crippen LogP contribution in [-0.4, -0.2) is 22.4 Å². The van der Waals surface area contributed by atoms with Crippen LogP contribution in [0.5, 0.6) is 11.5 Å². The molecule has 1 heterocycles. The smallest absolute Gasteiger partial charge is 0.258 e. The summed E-state index contributed by atoms with van der Waals surface area (Å²) in [5.74, 6) is 1.72. The van der Waals surface area contributed by atoms with E-state index in [1.165, 1.54) is 13.2 Å². The van der Waals surface area contributed by atoms with Gasteiger partial charge in [0.2, 0.25) is 0 Å². The summed E-state index contributed by atoms with van der Waals surface area (Å²) in [6, 6.07) is 4.95. The van der Waals surface area contributed by atoms with Crippen LogP contribution in [0, 0.1) is 0 Å². The third kappa shape index (κ3) is 2.22. The van der Waals surface area contributed by atoms with Crippen molar-refractivity contribution in [2.45, 2.75) is 19.8 Å². The molecule has 0 bridgehead atoms. The average Bonchev–Trinajstić information content (AvgIpc) is 2.78. The van der Waals surface area contributed by atoms with Crippen molar-refractivity contribution in [2.75, 3.05) is 7.11 Å². The van der Waals surface area contributed by atoms with E-state index >= 15 is 0 Å². The van der Waals surface area contributed by atoms with Crippen molar-refractivity contribution in [3.8, 4) is 23.0 Å². The number of nitrogens with zero attached hydrogens (tertiary/aromatic N) is 2. The number of hydrogen-bond acceptors (Lipinski definition) is 5. The maximum atomic E-state index is 9.65. The van der Waals surface area contributed by atoms with Crippen molar-refractivity contribution in [1.82, 2.24) is 10.1 Å². The monoisotopic (exact) mass is 234 g/mol. The van der Waals surface area contributed by atoms with E-state index in [1.807, 2.05) is 13.8 Å². The predicted molar refractivity (Wildman–Crippen MR) is 62.0 cm³/mol. The van der Waals surface area contributed by atoms with Crippen LogP contribution in [-0.2, 0) is 0 Å². The molecule has 5 heteroatoms. The molecule has 17 heavy (non-hydrogen) atoms. The fraction of sp³-hybridized carbons (Fsp3) is 0.333. The number of hydrogen-bond donors (Lipinski definition) is 1. The summed E-state index contributed by atoms with van der Waals surface area (Å²) in [5, 5.41) is 13.5. The van der Waals surface area contributed by atoms with Gasteiger partial charge in [0.25, 0.3) is 5.89 Å². The lowest BCUT2D eigenvalue weighted by Gasteiger charge is -2.03. The molecule has 0 fully saturated rings. The maximum absolute atomic E-state index is 9.65. The highest BCUT2D eigenvalue weighted by Crippen LogP contribution is 2.30. The van der Waals surface area contributed by atoms with Crippen molar-refractivity contribution >= 4 is 0 Å². The van der Waals surface area contributed by atoms with E-state index in [1.54, 1.807) is 12.1 Å². The molecule has 0 unspecified atom stereocenters. The fourth-order valence-electron chi connectivity index (χ4n) is 1.41. The first-order valence-corrected chi connectivity index (χ1v) is 5.32. The average molecular weight is 234 g/mol. The van der Waals surface area contributed by atoms with Crippen LogP contribution in [0.3, 0.4) is 0 Å². The number of ether oxygens (including phenoxy) is 1. The van der Waals surface area contributed by atoms with Gasteiger partial charge in [0.15, 0.2) is 17.3 Å². The fourth-order valence-corrected chi connectivity index (χ4v) is 1.41. The first-order chi connectivity index (χ1) is 8.11. The SMILES string of the molecule is COc1ccc(-c2nc(C(C)C)no2)cc1O. The highest BCUT2D eigenvalue weighted by Gasteiger charge is 2.13. The molecule has 0 aliphatic carbocycles. The maximum Gasteiger partial charge on any atom is 0.258 e. The van der Waals surface area contributed by atoms with Crippen LogP contribution in [0.15, 0.2) is 22.7 Å². The predicted octanol–water partition coefficient (Wildman–Crippen LogP) is 2.57. The normalized spacial score (nSPS) is 10.8. The van der Waals surface area contributed by atoms with Crippen LogP contribution in [0.2, 0.25) is 0 Å². The zero-order chi connectivity index (χ0) is 12.4. The Balaban J connectivity index is 2.36. The quantitative estimate of drug-likeness (QED) is 0.883. The van der Waals surface area contributed by atoms with Gasteiger partial charge >= 0.3 is 0 Å². The third-order valence-electron chi connectivity index (χ3n) is 2.38. The number of aromatic nitrogens is 2. The van der Waals surface area contributed by atoms with Crippen LogP contribution >= 0.6 is 0 Å². The van der Waals surface area contributed by atoms with Crippen LogP contribution in [0.25, 0.3) is 11.5 Å². The van der Waals surface area contributed by atoms with E-state index < -0.39 is 0 Å². The molecule has 0 radical (unpaired) electrons. The molecule has 2 aromatic rings. The molecule has 0 saturated heterocycles. The molecule has 1 aromatic heterocycles. The van der Waals surface area contributed by atoms with Crippen molar-refractivity contribution in [3.05, 3.63) is 24.0 Å². The molecule has 0 saturated carbocycles. The van der Waals surface area contributed by atoms with Gasteiger partial charge in [-0.15, -0.1) is 0 Å². The van der Waals surface area contributed by atoms with E-state index in [0.29, 0.717) is 23.0 Å². The first kappa shape index (κ1) is 11.4. The van der Waals surface area contributed by atoms with Crippen LogP contribution < -0.4 is 4.74 Å². The van der Waals surface area contributed by atoms with Gasteiger partial charge < -0.3 is 14.4 Å². The minimum absolute atomic E-state index is 0.0503. The standard InChI is InChI=1S/C12H14N2O3/c1-7(2)11-13-12(17-14-11)8-4-5-10(16-3)9(15)6-8/h4-7,15H,1-3H3. The van der Waals surface area contributed by atoms with Gasteiger partial charge in [0.05, 0.1) is 7.11 Å². The van der Waals surface area contributed by atoms with Gasteiger partial charge in [0, 0.05) is 11.5 Å². The number of rotatable bonds is 3. The van der Waals surface area contributed by atoms with Gasteiger partial charge in [-0.25, -0.2) is 0 Å². The zero-order valence-electron chi connectivity index (χ0n) is 9.97. The largest absolute Gasteiger partial charge is 0.504 e. The third-order valence-corrected chi connectivity index (χ3v) is 2.38. The van der Waals surface area contributed by atoms with Gasteiger partial charge in [-0.1, -0.05) is 19.0 Å². The number of phenols is 1. The lowest BCUT2D eigenvalue weighted by molar-refractivity contribution is 0.373. The Hall–Kier alpha value is -2.04. The topological polar surface area (TPSA) is 68.4 Å². The van der Waals surface area contributed by atoms with Crippen LogP contribution in [0.4, 0.5) is 0 Å². The Morgan fingerprint density at radius 3 is 2.65 bits per heavy atom. The summed E-state index contributed by atoms with van der Waals surface area (Å²) in [4.78, 5) is 4.25. The van der Waals surface area contributed by atoms with Gasteiger partial charge in [0.1, 0.15) is 0 Å². The number of aromatic hydroxyl groups is 1. The molecule has 5 nitrogen and oxygen atoms in total. The first-order valence-electron chi connectivity index (χ1n) is 5.32. The lowest BCUT2D eigenvalue weighted by Crippen LogP contribution is -1.89. The minimum Gasteiger partial charge on any atom is -0.504 e. The minimum atomic E-state index is 0.0503. The zero-order valence-corrected chi connectivity index (χ0v) is 9.97. The second-order valence-electron chi connectivity index (χ2n) is 4.00. The van der Waals surface area contributed by atoms with E-state index in [0.717, 1.165) is 0 Å². The summed E-state index contributed by atoms with van der Waals surface area (Å²) in [6.07, 6.45) is 0. The number of methoxy groups -OCH3 is 1. The molecule has 0 spiro atoms. The molecular formula is C12H14N2O3. The summed E-state index contributed by atoms with van der Waals surface area (Å²) < 4.78 is 10.1. The van der Waals surface area contributed by atoms with Gasteiger partial charge in [-0.3, -0.25) is 0 Å². The molecular weight excluding hydrogens is 220 g/mol. The van der Waals surface area contributed by atoms with E-state index in [9.17, 15) is 5.11 Å². The Bertz CT molecular complexity index is 520. The highest BCUT2D eigenvalue weighted by atomic mass is 16.5. The molecule has 1 aromatic carbocycles. The van der Waals surface area contributed by atoms with Crippen molar-refractivity contribution < 1.29 is 14.4 Å². The van der Waals surface area contributed by atoms with Crippen molar-refractivity contribution in [2.24, 2.45) is 0 Å². The van der Waals surface area contributed by atoms with E-state index in [4.69, 9.17) is 9.26 Å². The molecule has 2 rings (SSSR count). The van der Waals surface area contributed by atoms with Crippen molar-refractivity contribution in [1.29, 1.82) is 0 Å². The Labute approximate surface area is 99.0 Å². The molecule has 1 N–H and O–H groups in total. The summed E-state index contributed by atoms with van der Waals surface area (Å²) in [7, 11) is 1.50. The van der Waals surface area contributed by atoms with Gasteiger partial charge in [-0.2, -0.15) is 4.98 Å². The number of benzene rings is 1. The van der Waals surface area contributed by atoms with Crippen molar-refractivity contribution in [3.63, 3.8) is 0 Å². The van der Waals surface area contributed by atoms with E-state index in [2.05, 4.69) is 10.1 Å². The Morgan fingerprint density at radius 1 is 1.35 bits per heavy atom. The highest BCUT2D eigenvalue weighted by molar-refractivity contribution is 5.59. The second kappa shape index (κ2) is 4.45. The summed E-state index contributed by atoms with van der Waals surface area (Å²) in [5.41, 5.74) is 0.669. The Kier molecular flexibility index (Phi) is 2.99. The molecule has 0 aliphatic heterocycles. The molecule has 90 valence electrons. The lowest BCUT2D eigenvalue weighted by atomic mass is 10.2. The number of phenolic OH excluding ortho intramolecular Hbond substituents is 1. The van der Waals surface area contributed by atoms with E-state index in [-0.39, 0.29) is 11.7 Å². The second-order valence-corrected chi connectivity index (χ2v) is 4.00. The molecule has 0 atom stereocenters. The summed E-state index contributed by atoms with van der Waals surface area (Å²) >= 11 is 0. The molecule has 0 amide bonds. The van der Waals surface area contributed by atoms with Crippen LogP contribution in [0.1, 0.15) is 25.6 Å². The van der Waals surface area contributed by atoms with Gasteiger partial charge in [-0.05, 0) is 18.2 Å². The molecule has 0 aliphatic rings. The summed E-state index contributed by atoms with van der Waals surface area (Å²) in [6.45, 7) is 3.97.